The Morgan fingerprint density at radius 3 is 3.00 bits per heavy atom. The first-order valence-electron chi connectivity index (χ1n) is 7.80. The summed E-state index contributed by atoms with van der Waals surface area (Å²) in [5, 5.41) is 0. The van der Waals surface area contributed by atoms with Crippen LogP contribution < -0.4 is 16.0 Å². The molecule has 0 bridgehead atoms. The van der Waals surface area contributed by atoms with E-state index in [-0.39, 0.29) is 6.04 Å². The molecular weight excluding hydrogens is 264 g/mol. The minimum absolute atomic E-state index is 0.0867. The molecule has 0 saturated carbocycles. The van der Waals surface area contributed by atoms with Gasteiger partial charge in [0, 0.05) is 24.6 Å². The molecule has 2 aliphatic heterocycles. The van der Waals surface area contributed by atoms with Crippen LogP contribution in [0.3, 0.4) is 0 Å². The van der Waals surface area contributed by atoms with Gasteiger partial charge in [-0.2, -0.15) is 0 Å². The van der Waals surface area contributed by atoms with Gasteiger partial charge in [0.1, 0.15) is 5.75 Å². The Morgan fingerprint density at radius 2 is 2.19 bits per heavy atom. The van der Waals surface area contributed by atoms with E-state index in [1.165, 1.54) is 17.5 Å². The molecule has 21 heavy (non-hydrogen) atoms. The van der Waals surface area contributed by atoms with Crippen LogP contribution in [0.1, 0.15) is 23.6 Å². The largest absolute Gasteiger partial charge is 0.493 e. The predicted molar refractivity (Wildman–Crippen MR) is 84.2 cm³/mol. The van der Waals surface area contributed by atoms with Crippen molar-refractivity contribution in [1.29, 1.82) is 0 Å². The second-order valence-corrected chi connectivity index (χ2v) is 6.24. The molecule has 2 atom stereocenters. The second kappa shape index (κ2) is 6.32. The summed E-state index contributed by atoms with van der Waals surface area (Å²) < 4.78 is 5.87. The number of nitrogens with one attached hydrogen (secondary N) is 1. The summed E-state index contributed by atoms with van der Waals surface area (Å²) >= 11 is 0. The number of likely N-dealkylation sites (N-methyl/N-ethyl adjacent to an activating group) is 2. The van der Waals surface area contributed by atoms with Gasteiger partial charge in [-0.25, -0.2) is 0 Å². The Labute approximate surface area is 127 Å². The number of fused-ring (bicyclic) bond motifs is 1. The molecule has 116 valence electrons. The highest BCUT2D eigenvalue weighted by molar-refractivity contribution is 5.46. The summed E-state index contributed by atoms with van der Waals surface area (Å²) in [7, 11) is 4.38. The molecule has 0 aliphatic carbocycles. The lowest BCUT2D eigenvalue weighted by atomic mass is 9.95. The first-order chi connectivity index (χ1) is 10.2. The first-order valence-corrected chi connectivity index (χ1v) is 7.80. The van der Waals surface area contributed by atoms with Gasteiger partial charge in [-0.15, -0.1) is 0 Å². The van der Waals surface area contributed by atoms with E-state index in [1.54, 1.807) is 0 Å². The van der Waals surface area contributed by atoms with Crippen molar-refractivity contribution in [3.8, 4) is 5.75 Å². The third kappa shape index (κ3) is 2.92. The number of hydrazine groups is 1. The Kier molecular flexibility index (Phi) is 4.45. The zero-order valence-corrected chi connectivity index (χ0v) is 13.0. The topological polar surface area (TPSA) is 53.8 Å². The van der Waals surface area contributed by atoms with Crippen LogP contribution in [0.15, 0.2) is 18.2 Å². The molecular formula is C16H26N4O. The van der Waals surface area contributed by atoms with Crippen molar-refractivity contribution in [2.75, 3.05) is 40.3 Å². The quantitative estimate of drug-likeness (QED) is 0.636. The van der Waals surface area contributed by atoms with Crippen molar-refractivity contribution in [3.63, 3.8) is 0 Å². The molecule has 2 heterocycles. The maximum absolute atomic E-state index is 5.94. The molecule has 2 unspecified atom stereocenters. The Balaban J connectivity index is 1.92. The lowest BCUT2D eigenvalue weighted by molar-refractivity contribution is 0.176. The molecule has 3 N–H and O–H groups in total. The SMILES string of the molecule is CN1CCCN(C)C(C(NN)c2cccc3c2OCC3)C1. The molecule has 0 radical (unpaired) electrons. The van der Waals surface area contributed by atoms with Crippen molar-refractivity contribution in [2.45, 2.75) is 24.9 Å². The van der Waals surface area contributed by atoms with Gasteiger partial charge in [0.15, 0.2) is 0 Å². The Bertz CT molecular complexity index is 493. The summed E-state index contributed by atoms with van der Waals surface area (Å²) in [6.45, 7) is 4.03. The number of rotatable bonds is 3. The average Bonchev–Trinajstić information content (AvgIpc) is 2.89. The minimum Gasteiger partial charge on any atom is -0.493 e. The van der Waals surface area contributed by atoms with Gasteiger partial charge in [-0.1, -0.05) is 18.2 Å². The fourth-order valence-corrected chi connectivity index (χ4v) is 3.56. The van der Waals surface area contributed by atoms with E-state index < -0.39 is 0 Å². The number of nitrogens with two attached hydrogens (primary N) is 1. The van der Waals surface area contributed by atoms with Gasteiger partial charge in [0.2, 0.25) is 0 Å². The molecule has 5 nitrogen and oxygen atoms in total. The molecule has 0 amide bonds. The highest BCUT2D eigenvalue weighted by atomic mass is 16.5. The maximum Gasteiger partial charge on any atom is 0.127 e. The smallest absolute Gasteiger partial charge is 0.127 e. The van der Waals surface area contributed by atoms with Crippen LogP contribution in [0.2, 0.25) is 0 Å². The standard InChI is InChI=1S/C16H26N4O/c1-19-8-4-9-20(2)14(11-19)15(18-17)13-6-3-5-12-7-10-21-16(12)13/h3,5-6,14-15,18H,4,7-11,17H2,1-2H3. The van der Waals surface area contributed by atoms with Crippen molar-refractivity contribution in [2.24, 2.45) is 5.84 Å². The van der Waals surface area contributed by atoms with Gasteiger partial charge in [0.25, 0.3) is 0 Å². The van der Waals surface area contributed by atoms with Gasteiger partial charge < -0.3 is 14.5 Å². The van der Waals surface area contributed by atoms with Crippen LogP contribution in [0.5, 0.6) is 5.75 Å². The van der Waals surface area contributed by atoms with Crippen LogP contribution in [-0.4, -0.2) is 56.2 Å². The molecule has 0 spiro atoms. The highest BCUT2D eigenvalue weighted by Crippen LogP contribution is 2.35. The van der Waals surface area contributed by atoms with Gasteiger partial charge in [-0.05, 0) is 39.2 Å². The minimum atomic E-state index is 0.0867. The molecule has 3 rings (SSSR count). The van der Waals surface area contributed by atoms with E-state index in [4.69, 9.17) is 10.6 Å². The highest BCUT2D eigenvalue weighted by Gasteiger charge is 2.32. The summed E-state index contributed by atoms with van der Waals surface area (Å²) in [6.07, 6.45) is 2.20. The van der Waals surface area contributed by atoms with Gasteiger partial charge in [-0.3, -0.25) is 11.3 Å². The third-order valence-corrected chi connectivity index (χ3v) is 4.76. The Hall–Kier alpha value is -1.14. The monoisotopic (exact) mass is 290 g/mol. The maximum atomic E-state index is 5.94. The molecule has 1 fully saturated rings. The van der Waals surface area contributed by atoms with Crippen molar-refractivity contribution in [3.05, 3.63) is 29.3 Å². The summed E-state index contributed by atoms with van der Waals surface area (Å²) in [6, 6.07) is 6.85. The number of hydrogen-bond acceptors (Lipinski definition) is 5. The van der Waals surface area contributed by atoms with E-state index in [9.17, 15) is 0 Å². The van der Waals surface area contributed by atoms with Crippen LogP contribution in [0.4, 0.5) is 0 Å². The van der Waals surface area contributed by atoms with Crippen molar-refractivity contribution >= 4 is 0 Å². The van der Waals surface area contributed by atoms with Crippen molar-refractivity contribution < 1.29 is 4.74 Å². The molecule has 2 aliphatic rings. The average molecular weight is 290 g/mol. The molecule has 1 aromatic carbocycles. The van der Waals surface area contributed by atoms with E-state index in [2.05, 4.69) is 47.5 Å². The summed E-state index contributed by atoms with van der Waals surface area (Å²) in [5.74, 6) is 6.98. The fraction of sp³-hybridized carbons (Fsp3) is 0.625. The number of ether oxygens (including phenoxy) is 1. The molecule has 1 saturated heterocycles. The lowest BCUT2D eigenvalue weighted by Gasteiger charge is -2.35. The summed E-state index contributed by atoms with van der Waals surface area (Å²) in [5.41, 5.74) is 5.55. The van der Waals surface area contributed by atoms with Gasteiger partial charge in [0.05, 0.1) is 12.6 Å². The number of benzene rings is 1. The fourth-order valence-electron chi connectivity index (χ4n) is 3.56. The molecule has 0 aromatic heterocycles. The second-order valence-electron chi connectivity index (χ2n) is 6.24. The van der Waals surface area contributed by atoms with E-state index >= 15 is 0 Å². The molecule has 1 aromatic rings. The number of para-hydroxylation sites is 1. The van der Waals surface area contributed by atoms with Crippen LogP contribution in [0, 0.1) is 0 Å². The third-order valence-electron chi connectivity index (χ3n) is 4.76. The van der Waals surface area contributed by atoms with Gasteiger partial charge >= 0.3 is 0 Å². The van der Waals surface area contributed by atoms with E-state index in [0.29, 0.717) is 6.04 Å². The predicted octanol–water partition coefficient (Wildman–Crippen LogP) is 0.762. The normalized spacial score (nSPS) is 25.2. The number of nitrogens with zero attached hydrogens (tertiary/aromatic N) is 2. The van der Waals surface area contributed by atoms with E-state index in [0.717, 1.165) is 38.4 Å². The van der Waals surface area contributed by atoms with E-state index in [1.807, 2.05) is 0 Å². The first kappa shape index (κ1) is 14.8. The zero-order valence-electron chi connectivity index (χ0n) is 13.0. The van der Waals surface area contributed by atoms with Crippen LogP contribution >= 0.6 is 0 Å². The zero-order chi connectivity index (χ0) is 14.8. The lowest BCUT2D eigenvalue weighted by Crippen LogP contribution is -2.49. The Morgan fingerprint density at radius 1 is 1.33 bits per heavy atom. The summed E-state index contributed by atoms with van der Waals surface area (Å²) in [4.78, 5) is 4.81. The number of hydrogen-bond donors (Lipinski definition) is 2. The van der Waals surface area contributed by atoms with Crippen LogP contribution in [0.25, 0.3) is 0 Å². The molecule has 5 heteroatoms. The van der Waals surface area contributed by atoms with Crippen LogP contribution in [-0.2, 0) is 6.42 Å². The van der Waals surface area contributed by atoms with Crippen molar-refractivity contribution in [1.82, 2.24) is 15.2 Å².